The van der Waals surface area contributed by atoms with Crippen molar-refractivity contribution in [3.8, 4) is 6.07 Å². The zero-order chi connectivity index (χ0) is 13.1. The lowest BCUT2D eigenvalue weighted by Crippen LogP contribution is -1.97. The molecule has 18 heavy (non-hydrogen) atoms. The van der Waals surface area contributed by atoms with Crippen LogP contribution in [0.1, 0.15) is 5.56 Å². The highest BCUT2D eigenvalue weighted by Crippen LogP contribution is 2.33. The molecule has 2 rings (SSSR count). The van der Waals surface area contributed by atoms with Crippen LogP contribution in [0.25, 0.3) is 0 Å². The first-order valence-electron chi connectivity index (χ1n) is 5.12. The third kappa shape index (κ3) is 2.58. The highest BCUT2D eigenvalue weighted by Gasteiger charge is 2.06. The summed E-state index contributed by atoms with van der Waals surface area (Å²) in [4.78, 5) is 0. The van der Waals surface area contributed by atoms with Crippen molar-refractivity contribution in [2.75, 3.05) is 11.1 Å². The number of nitrogen functional groups attached to an aromatic ring is 1. The number of nitriles is 1. The first-order chi connectivity index (χ1) is 8.61. The Hall–Kier alpha value is -1.70. The van der Waals surface area contributed by atoms with Gasteiger partial charge in [-0.15, -0.1) is 0 Å². The number of nitrogens with one attached hydrogen (secondary N) is 1. The molecular weight excluding hydrogens is 314 g/mol. The fourth-order valence-corrected chi connectivity index (χ4v) is 2.02. The van der Waals surface area contributed by atoms with Crippen LogP contribution in [-0.4, -0.2) is 0 Å². The molecule has 0 spiro atoms. The van der Waals surface area contributed by atoms with Crippen molar-refractivity contribution in [1.29, 1.82) is 5.26 Å². The van der Waals surface area contributed by atoms with Crippen molar-refractivity contribution in [3.63, 3.8) is 0 Å². The second-order valence-corrected chi connectivity index (χ2v) is 4.84. The lowest BCUT2D eigenvalue weighted by molar-refractivity contribution is 1.47. The molecule has 0 aromatic heterocycles. The van der Waals surface area contributed by atoms with E-state index < -0.39 is 0 Å². The summed E-state index contributed by atoms with van der Waals surface area (Å²) in [6.45, 7) is 0. The maximum Gasteiger partial charge on any atom is 0.0992 e. The summed E-state index contributed by atoms with van der Waals surface area (Å²) < 4.78 is 0.758. The minimum Gasteiger partial charge on any atom is -0.397 e. The molecule has 0 atom stereocenters. The fraction of sp³-hybridized carbons (Fsp3) is 0. The van der Waals surface area contributed by atoms with E-state index in [9.17, 15) is 0 Å². The Bertz CT molecular complexity index is 635. The summed E-state index contributed by atoms with van der Waals surface area (Å²) >= 11 is 9.41. The number of hydrogen-bond donors (Lipinski definition) is 2. The van der Waals surface area contributed by atoms with E-state index in [1.807, 2.05) is 12.1 Å². The largest absolute Gasteiger partial charge is 0.397 e. The average molecular weight is 323 g/mol. The minimum atomic E-state index is 0.546. The van der Waals surface area contributed by atoms with Gasteiger partial charge in [0.1, 0.15) is 0 Å². The first-order valence-corrected chi connectivity index (χ1v) is 6.29. The molecule has 2 aromatic rings. The SMILES string of the molecule is N#Cc1ccc(N)c(Nc2cccc(Cl)c2Br)c1. The molecular formula is C13H9BrClN3. The Balaban J connectivity index is 2.40. The van der Waals surface area contributed by atoms with Gasteiger partial charge in [0.15, 0.2) is 0 Å². The molecule has 0 bridgehead atoms. The maximum absolute atomic E-state index is 8.87. The molecule has 0 radical (unpaired) electrons. The predicted molar refractivity (Wildman–Crippen MR) is 78.0 cm³/mol. The highest BCUT2D eigenvalue weighted by molar-refractivity contribution is 9.10. The van der Waals surface area contributed by atoms with Crippen molar-refractivity contribution in [1.82, 2.24) is 0 Å². The number of benzene rings is 2. The molecule has 2 aromatic carbocycles. The van der Waals surface area contributed by atoms with Crippen molar-refractivity contribution >= 4 is 44.6 Å². The Morgan fingerprint density at radius 3 is 2.72 bits per heavy atom. The Labute approximate surface area is 118 Å². The highest BCUT2D eigenvalue weighted by atomic mass is 79.9. The molecule has 0 aliphatic heterocycles. The van der Waals surface area contributed by atoms with Crippen LogP contribution in [0.15, 0.2) is 40.9 Å². The Kier molecular flexibility index (Phi) is 3.75. The molecule has 0 saturated heterocycles. The maximum atomic E-state index is 8.87. The third-order valence-electron chi connectivity index (χ3n) is 2.40. The number of nitrogens with two attached hydrogens (primary N) is 1. The van der Waals surface area contributed by atoms with E-state index in [1.165, 1.54) is 0 Å². The lowest BCUT2D eigenvalue weighted by Gasteiger charge is -2.11. The number of nitrogens with zero attached hydrogens (tertiary/aromatic N) is 1. The average Bonchev–Trinajstić information content (AvgIpc) is 2.37. The molecule has 5 heteroatoms. The van der Waals surface area contributed by atoms with Crippen LogP contribution in [0, 0.1) is 11.3 Å². The van der Waals surface area contributed by atoms with Crippen LogP contribution in [0.2, 0.25) is 5.02 Å². The van der Waals surface area contributed by atoms with Crippen molar-refractivity contribution < 1.29 is 0 Å². The van der Waals surface area contributed by atoms with E-state index >= 15 is 0 Å². The van der Waals surface area contributed by atoms with Crippen LogP contribution in [0.5, 0.6) is 0 Å². The molecule has 0 saturated carbocycles. The van der Waals surface area contributed by atoms with Gasteiger partial charge >= 0.3 is 0 Å². The van der Waals surface area contributed by atoms with E-state index in [0.717, 1.165) is 10.2 Å². The van der Waals surface area contributed by atoms with Crippen LogP contribution >= 0.6 is 27.5 Å². The van der Waals surface area contributed by atoms with Crippen LogP contribution < -0.4 is 11.1 Å². The Morgan fingerprint density at radius 2 is 2.00 bits per heavy atom. The summed E-state index contributed by atoms with van der Waals surface area (Å²) in [5.74, 6) is 0. The van der Waals surface area contributed by atoms with Gasteiger partial charge in [0.2, 0.25) is 0 Å². The van der Waals surface area contributed by atoms with E-state index in [4.69, 9.17) is 22.6 Å². The van der Waals surface area contributed by atoms with Gasteiger partial charge in [-0.3, -0.25) is 0 Å². The van der Waals surface area contributed by atoms with Gasteiger partial charge in [0.05, 0.1) is 38.2 Å². The summed E-state index contributed by atoms with van der Waals surface area (Å²) in [5, 5.41) is 12.6. The first kappa shape index (κ1) is 12.7. The molecule has 0 aliphatic rings. The van der Waals surface area contributed by atoms with Crippen molar-refractivity contribution in [3.05, 3.63) is 51.5 Å². The molecule has 3 N–H and O–H groups in total. The van der Waals surface area contributed by atoms with Gasteiger partial charge in [0.25, 0.3) is 0 Å². The van der Waals surface area contributed by atoms with E-state index in [0.29, 0.717) is 22.0 Å². The number of hydrogen-bond acceptors (Lipinski definition) is 3. The van der Waals surface area contributed by atoms with Crippen molar-refractivity contribution in [2.24, 2.45) is 0 Å². The zero-order valence-electron chi connectivity index (χ0n) is 9.24. The molecule has 0 fully saturated rings. The third-order valence-corrected chi connectivity index (χ3v) is 3.80. The molecule has 0 unspecified atom stereocenters. The van der Waals surface area contributed by atoms with Gasteiger partial charge in [-0.25, -0.2) is 0 Å². The molecule has 3 nitrogen and oxygen atoms in total. The lowest BCUT2D eigenvalue weighted by atomic mass is 10.2. The fourth-order valence-electron chi connectivity index (χ4n) is 1.48. The molecule has 90 valence electrons. The van der Waals surface area contributed by atoms with E-state index in [2.05, 4.69) is 27.3 Å². The van der Waals surface area contributed by atoms with Crippen LogP contribution in [0.4, 0.5) is 17.1 Å². The quantitative estimate of drug-likeness (QED) is 0.810. The van der Waals surface area contributed by atoms with Crippen molar-refractivity contribution in [2.45, 2.75) is 0 Å². The summed E-state index contributed by atoms with van der Waals surface area (Å²) in [6.07, 6.45) is 0. The molecule has 0 heterocycles. The molecule has 0 amide bonds. The van der Waals surface area contributed by atoms with Gasteiger partial charge in [-0.1, -0.05) is 17.7 Å². The summed E-state index contributed by atoms with van der Waals surface area (Å²) in [5.41, 5.74) is 8.45. The van der Waals surface area contributed by atoms with Crippen LogP contribution in [0.3, 0.4) is 0 Å². The standard InChI is InChI=1S/C13H9BrClN3/c14-13-9(15)2-1-3-11(13)18-12-6-8(7-16)4-5-10(12)17/h1-6,18H,17H2. The van der Waals surface area contributed by atoms with Gasteiger partial charge in [-0.2, -0.15) is 5.26 Å². The van der Waals surface area contributed by atoms with Crippen LogP contribution in [-0.2, 0) is 0 Å². The van der Waals surface area contributed by atoms with Gasteiger partial charge in [-0.05, 0) is 46.3 Å². The minimum absolute atomic E-state index is 0.546. The van der Waals surface area contributed by atoms with E-state index in [1.54, 1.807) is 24.3 Å². The number of anilines is 3. The monoisotopic (exact) mass is 321 g/mol. The summed E-state index contributed by atoms with van der Waals surface area (Å²) in [7, 11) is 0. The predicted octanol–water partition coefficient (Wildman–Crippen LogP) is 4.30. The summed E-state index contributed by atoms with van der Waals surface area (Å²) in [6, 6.07) is 12.6. The van der Waals surface area contributed by atoms with Gasteiger partial charge in [0, 0.05) is 0 Å². The zero-order valence-corrected chi connectivity index (χ0v) is 11.6. The normalized spacial score (nSPS) is 9.83. The smallest absolute Gasteiger partial charge is 0.0992 e. The number of halogens is 2. The van der Waals surface area contributed by atoms with Gasteiger partial charge < -0.3 is 11.1 Å². The second-order valence-electron chi connectivity index (χ2n) is 3.64. The van der Waals surface area contributed by atoms with E-state index in [-0.39, 0.29) is 0 Å². The number of rotatable bonds is 2. The topological polar surface area (TPSA) is 61.8 Å². The Morgan fingerprint density at radius 1 is 1.22 bits per heavy atom. The second kappa shape index (κ2) is 5.30. The molecule has 0 aliphatic carbocycles.